The highest BCUT2D eigenvalue weighted by molar-refractivity contribution is 5.75. The fourth-order valence-corrected chi connectivity index (χ4v) is 4.50. The number of rotatable bonds is 10. The van der Waals surface area contributed by atoms with E-state index in [0.29, 0.717) is 11.3 Å². The third-order valence-corrected chi connectivity index (χ3v) is 6.57. The molecule has 1 fully saturated rings. The summed E-state index contributed by atoms with van der Waals surface area (Å²) in [6.07, 6.45) is 12.8. The molecule has 3 heteroatoms. The predicted molar refractivity (Wildman–Crippen MR) is 125 cm³/mol. The van der Waals surface area contributed by atoms with E-state index in [1.54, 1.807) is 0 Å². The zero-order valence-corrected chi connectivity index (χ0v) is 18.8. The van der Waals surface area contributed by atoms with Crippen molar-refractivity contribution >= 4 is 5.97 Å². The summed E-state index contributed by atoms with van der Waals surface area (Å²) in [4.78, 5) is 12.6. The summed E-state index contributed by atoms with van der Waals surface area (Å²) in [6, 6.07) is 17.8. The van der Waals surface area contributed by atoms with Crippen molar-refractivity contribution in [1.82, 2.24) is 0 Å². The van der Waals surface area contributed by atoms with Crippen LogP contribution in [0.4, 0.5) is 0 Å². The van der Waals surface area contributed by atoms with Crippen LogP contribution in [0.25, 0.3) is 0 Å². The van der Waals surface area contributed by atoms with Crippen LogP contribution in [-0.2, 0) is 17.6 Å². The molecule has 0 amide bonds. The Labute approximate surface area is 187 Å². The first-order valence-corrected chi connectivity index (χ1v) is 12.0. The van der Waals surface area contributed by atoms with Crippen molar-refractivity contribution in [3.8, 4) is 11.8 Å². The summed E-state index contributed by atoms with van der Waals surface area (Å²) < 4.78 is 5.68. The number of ether oxygens (including phenoxy) is 1. The normalized spacial score (nSPS) is 18.3. The quantitative estimate of drug-likeness (QED) is 0.237. The molecule has 0 aromatic heterocycles. The van der Waals surface area contributed by atoms with Crippen molar-refractivity contribution in [2.75, 3.05) is 0 Å². The van der Waals surface area contributed by atoms with E-state index in [0.717, 1.165) is 31.6 Å². The summed E-state index contributed by atoms with van der Waals surface area (Å²) >= 11 is 0. The molecule has 164 valence electrons. The van der Waals surface area contributed by atoms with Gasteiger partial charge in [-0.05, 0) is 79.8 Å². The molecule has 1 aliphatic carbocycles. The number of nitrogens with zero attached hydrogens (tertiary/aromatic N) is 1. The van der Waals surface area contributed by atoms with Crippen LogP contribution in [0.3, 0.4) is 0 Å². The largest absolute Gasteiger partial charge is 0.426 e. The standard InChI is InChI=1S/C28H35NO2/c1-2-3-4-5-6-22-13-17-26(18-14-22)28(30)31-27-19-15-24(16-20-27)8-7-23-9-11-25(21-29)12-10-23/h9-12,15-16,19-20,22,26H,2-8,13-14,17-18H2,1H3. The first kappa shape index (κ1) is 23.1. The van der Waals surface area contributed by atoms with Crippen molar-refractivity contribution in [2.24, 2.45) is 11.8 Å². The highest BCUT2D eigenvalue weighted by Crippen LogP contribution is 2.33. The molecule has 3 nitrogen and oxygen atoms in total. The number of carbonyl (C=O) groups is 1. The maximum atomic E-state index is 12.6. The Kier molecular flexibility index (Phi) is 9.16. The second-order valence-electron chi connectivity index (χ2n) is 8.94. The first-order chi connectivity index (χ1) is 15.2. The molecule has 3 rings (SSSR count). The number of esters is 1. The molecular weight excluding hydrogens is 382 g/mol. The van der Waals surface area contributed by atoms with E-state index < -0.39 is 0 Å². The summed E-state index contributed by atoms with van der Waals surface area (Å²) in [6.45, 7) is 2.25. The van der Waals surface area contributed by atoms with Gasteiger partial charge in [-0.2, -0.15) is 5.26 Å². The maximum absolute atomic E-state index is 12.6. The molecule has 2 aromatic carbocycles. The Bertz CT molecular complexity index is 840. The fourth-order valence-electron chi connectivity index (χ4n) is 4.50. The van der Waals surface area contributed by atoms with Crippen LogP contribution in [0, 0.1) is 23.2 Å². The molecule has 2 aromatic rings. The lowest BCUT2D eigenvalue weighted by Gasteiger charge is -2.27. The van der Waals surface area contributed by atoms with Gasteiger partial charge in [0.1, 0.15) is 5.75 Å². The molecule has 0 atom stereocenters. The van der Waals surface area contributed by atoms with E-state index in [1.165, 1.54) is 56.1 Å². The van der Waals surface area contributed by atoms with Crippen molar-refractivity contribution < 1.29 is 9.53 Å². The van der Waals surface area contributed by atoms with Crippen LogP contribution in [0.1, 0.15) is 81.4 Å². The highest BCUT2D eigenvalue weighted by atomic mass is 16.5. The van der Waals surface area contributed by atoms with Gasteiger partial charge in [-0.1, -0.05) is 63.3 Å². The number of carbonyl (C=O) groups excluding carboxylic acids is 1. The lowest BCUT2D eigenvalue weighted by Crippen LogP contribution is -2.25. The third-order valence-electron chi connectivity index (χ3n) is 6.57. The van der Waals surface area contributed by atoms with E-state index >= 15 is 0 Å². The molecule has 31 heavy (non-hydrogen) atoms. The molecular formula is C28H35NO2. The van der Waals surface area contributed by atoms with Gasteiger partial charge < -0.3 is 4.74 Å². The molecule has 1 saturated carbocycles. The molecule has 0 aliphatic heterocycles. The van der Waals surface area contributed by atoms with E-state index in [1.807, 2.05) is 48.5 Å². The van der Waals surface area contributed by atoms with Gasteiger partial charge in [-0.3, -0.25) is 4.79 Å². The fraction of sp³-hybridized carbons (Fsp3) is 0.500. The van der Waals surface area contributed by atoms with Crippen LogP contribution < -0.4 is 4.74 Å². The molecule has 0 saturated heterocycles. The minimum Gasteiger partial charge on any atom is -0.426 e. The second kappa shape index (κ2) is 12.3. The van der Waals surface area contributed by atoms with Gasteiger partial charge in [-0.15, -0.1) is 0 Å². The van der Waals surface area contributed by atoms with Gasteiger partial charge in [-0.25, -0.2) is 0 Å². The van der Waals surface area contributed by atoms with Gasteiger partial charge in [0, 0.05) is 0 Å². The Morgan fingerprint density at radius 2 is 1.52 bits per heavy atom. The van der Waals surface area contributed by atoms with Crippen LogP contribution in [-0.4, -0.2) is 5.97 Å². The van der Waals surface area contributed by atoms with Crippen LogP contribution in [0.5, 0.6) is 5.75 Å². The Morgan fingerprint density at radius 1 is 0.903 bits per heavy atom. The molecule has 1 aliphatic rings. The van der Waals surface area contributed by atoms with Crippen molar-refractivity contribution in [2.45, 2.75) is 77.6 Å². The van der Waals surface area contributed by atoms with E-state index in [-0.39, 0.29) is 11.9 Å². The van der Waals surface area contributed by atoms with Gasteiger partial charge in [0.15, 0.2) is 0 Å². The monoisotopic (exact) mass is 417 g/mol. The van der Waals surface area contributed by atoms with E-state index in [4.69, 9.17) is 10.00 Å². The Morgan fingerprint density at radius 3 is 2.10 bits per heavy atom. The molecule has 0 bridgehead atoms. The summed E-state index contributed by atoms with van der Waals surface area (Å²) in [5.41, 5.74) is 3.12. The van der Waals surface area contributed by atoms with Gasteiger partial charge in [0.05, 0.1) is 17.6 Å². The zero-order valence-electron chi connectivity index (χ0n) is 18.8. The zero-order chi connectivity index (χ0) is 21.9. The van der Waals surface area contributed by atoms with Crippen LogP contribution >= 0.6 is 0 Å². The number of benzene rings is 2. The minimum absolute atomic E-state index is 0.0583. The molecule has 0 heterocycles. The van der Waals surface area contributed by atoms with Crippen molar-refractivity contribution in [1.29, 1.82) is 5.26 Å². The topological polar surface area (TPSA) is 50.1 Å². The van der Waals surface area contributed by atoms with Crippen molar-refractivity contribution in [3.63, 3.8) is 0 Å². The Balaban J connectivity index is 1.39. The highest BCUT2D eigenvalue weighted by Gasteiger charge is 2.27. The number of unbranched alkanes of at least 4 members (excludes halogenated alkanes) is 3. The van der Waals surface area contributed by atoms with Gasteiger partial charge in [0.25, 0.3) is 0 Å². The Hall–Kier alpha value is -2.60. The van der Waals surface area contributed by atoms with Crippen LogP contribution in [0.2, 0.25) is 0 Å². The van der Waals surface area contributed by atoms with Crippen molar-refractivity contribution in [3.05, 3.63) is 65.2 Å². The average Bonchev–Trinajstić information content (AvgIpc) is 2.82. The molecule has 0 N–H and O–H groups in total. The number of hydrogen-bond acceptors (Lipinski definition) is 3. The second-order valence-corrected chi connectivity index (χ2v) is 8.94. The number of hydrogen-bond donors (Lipinski definition) is 0. The third kappa shape index (κ3) is 7.55. The number of aryl methyl sites for hydroxylation is 2. The lowest BCUT2D eigenvalue weighted by atomic mass is 9.80. The summed E-state index contributed by atoms with van der Waals surface area (Å²) in [5.74, 6) is 1.45. The predicted octanol–water partition coefficient (Wildman–Crippen LogP) is 7.03. The average molecular weight is 418 g/mol. The molecule has 0 unspecified atom stereocenters. The smallest absolute Gasteiger partial charge is 0.314 e. The summed E-state index contributed by atoms with van der Waals surface area (Å²) in [7, 11) is 0. The summed E-state index contributed by atoms with van der Waals surface area (Å²) in [5, 5.41) is 8.88. The van der Waals surface area contributed by atoms with Gasteiger partial charge in [0.2, 0.25) is 0 Å². The molecule has 0 radical (unpaired) electrons. The lowest BCUT2D eigenvalue weighted by molar-refractivity contribution is -0.140. The SMILES string of the molecule is CCCCCCC1CCC(C(=O)Oc2ccc(CCc3ccc(C#N)cc3)cc2)CC1. The molecule has 0 spiro atoms. The van der Waals surface area contributed by atoms with E-state index in [2.05, 4.69) is 13.0 Å². The maximum Gasteiger partial charge on any atom is 0.314 e. The van der Waals surface area contributed by atoms with Crippen LogP contribution in [0.15, 0.2) is 48.5 Å². The van der Waals surface area contributed by atoms with E-state index in [9.17, 15) is 4.79 Å². The van der Waals surface area contributed by atoms with Gasteiger partial charge >= 0.3 is 5.97 Å². The number of nitriles is 1. The minimum atomic E-state index is -0.0604. The first-order valence-electron chi connectivity index (χ1n) is 12.0.